The molecular formula is C12H20N4O2. The lowest BCUT2D eigenvalue weighted by Crippen LogP contribution is -2.28. The maximum absolute atomic E-state index is 8.35. The van der Waals surface area contributed by atoms with E-state index in [1.165, 1.54) is 6.34 Å². The average molecular weight is 252 g/mol. The molecule has 100 valence electrons. The summed E-state index contributed by atoms with van der Waals surface area (Å²) in [5, 5.41) is 8.35. The third-order valence-electron chi connectivity index (χ3n) is 2.54. The van der Waals surface area contributed by atoms with Crippen molar-refractivity contribution in [2.24, 2.45) is 4.99 Å². The zero-order chi connectivity index (χ0) is 13.2. The van der Waals surface area contributed by atoms with Crippen molar-refractivity contribution in [3.63, 3.8) is 0 Å². The minimum absolute atomic E-state index is 0.582. The van der Waals surface area contributed by atoms with E-state index in [-0.39, 0.29) is 0 Å². The fourth-order valence-corrected chi connectivity index (χ4v) is 1.46. The van der Waals surface area contributed by atoms with E-state index < -0.39 is 0 Å². The van der Waals surface area contributed by atoms with Gasteiger partial charge in [0.15, 0.2) is 0 Å². The van der Waals surface area contributed by atoms with Crippen LogP contribution in [0.4, 0.5) is 5.69 Å². The zero-order valence-corrected chi connectivity index (χ0v) is 10.8. The molecule has 2 N–H and O–H groups in total. The molecule has 0 aliphatic carbocycles. The molecule has 0 aliphatic heterocycles. The predicted molar refractivity (Wildman–Crippen MR) is 70.6 cm³/mol. The van der Waals surface area contributed by atoms with Gasteiger partial charge in [-0.2, -0.15) is 0 Å². The van der Waals surface area contributed by atoms with Crippen molar-refractivity contribution in [3.05, 3.63) is 18.3 Å². The maximum Gasteiger partial charge on any atom is 0.213 e. The van der Waals surface area contributed by atoms with Crippen molar-refractivity contribution < 1.29 is 9.94 Å². The van der Waals surface area contributed by atoms with Crippen LogP contribution in [-0.2, 0) is 0 Å². The first-order chi connectivity index (χ1) is 8.80. The molecule has 0 radical (unpaired) electrons. The van der Waals surface area contributed by atoms with Crippen LogP contribution in [0, 0.1) is 0 Å². The van der Waals surface area contributed by atoms with Gasteiger partial charge in [0.1, 0.15) is 12.9 Å². The minimum Gasteiger partial charge on any atom is -0.476 e. The van der Waals surface area contributed by atoms with Gasteiger partial charge in [0.25, 0.3) is 0 Å². The maximum atomic E-state index is 8.35. The minimum atomic E-state index is 0.582. The lowest BCUT2D eigenvalue weighted by molar-refractivity contribution is 0.218. The second-order valence-electron chi connectivity index (χ2n) is 3.62. The standard InChI is InChI=1S/C12H20N4O2/c1-3-16(4-2)7-8-18-12-6-5-11(9-13-12)14-10-15-17/h5-6,9-10,17H,3-4,7-8H2,1-2H3,(H,14,15). The second kappa shape index (κ2) is 8.43. The Kier molecular flexibility index (Phi) is 6.75. The number of ether oxygens (including phenoxy) is 1. The van der Waals surface area contributed by atoms with E-state index in [0.717, 1.165) is 19.6 Å². The molecule has 6 heteroatoms. The summed E-state index contributed by atoms with van der Waals surface area (Å²) in [5.74, 6) is 0.582. The molecule has 0 fully saturated rings. The van der Waals surface area contributed by atoms with Crippen molar-refractivity contribution in [1.29, 1.82) is 0 Å². The summed E-state index contributed by atoms with van der Waals surface area (Å²) in [7, 11) is 0. The number of rotatable bonds is 8. The van der Waals surface area contributed by atoms with Crippen molar-refractivity contribution in [2.45, 2.75) is 13.8 Å². The Morgan fingerprint density at radius 1 is 1.44 bits per heavy atom. The summed E-state index contributed by atoms with van der Waals surface area (Å²) in [6.45, 7) is 7.82. The quantitative estimate of drug-likeness (QED) is 0.416. The van der Waals surface area contributed by atoms with Gasteiger partial charge in [-0.25, -0.2) is 9.98 Å². The molecule has 1 rings (SSSR count). The molecule has 0 bridgehead atoms. The van der Waals surface area contributed by atoms with Crippen molar-refractivity contribution in [1.82, 2.24) is 15.4 Å². The van der Waals surface area contributed by atoms with Gasteiger partial charge in [-0.15, -0.1) is 0 Å². The van der Waals surface area contributed by atoms with Crippen molar-refractivity contribution in [3.8, 4) is 5.88 Å². The second-order valence-corrected chi connectivity index (χ2v) is 3.62. The molecule has 0 spiro atoms. The van der Waals surface area contributed by atoms with Crippen molar-refractivity contribution in [2.75, 3.05) is 26.2 Å². The zero-order valence-electron chi connectivity index (χ0n) is 10.8. The highest BCUT2D eigenvalue weighted by molar-refractivity contribution is 5.59. The highest BCUT2D eigenvalue weighted by Crippen LogP contribution is 2.13. The lowest BCUT2D eigenvalue weighted by atomic mass is 10.4. The van der Waals surface area contributed by atoms with E-state index in [4.69, 9.17) is 9.94 Å². The Morgan fingerprint density at radius 2 is 2.22 bits per heavy atom. The Balaban J connectivity index is 2.37. The van der Waals surface area contributed by atoms with E-state index in [1.807, 2.05) is 5.48 Å². The molecule has 0 atom stereocenters. The van der Waals surface area contributed by atoms with E-state index in [9.17, 15) is 0 Å². The van der Waals surface area contributed by atoms with Gasteiger partial charge in [-0.05, 0) is 19.2 Å². The van der Waals surface area contributed by atoms with E-state index in [2.05, 4.69) is 28.7 Å². The molecule has 0 unspecified atom stereocenters. The van der Waals surface area contributed by atoms with E-state index in [0.29, 0.717) is 18.2 Å². The molecule has 1 aromatic rings. The van der Waals surface area contributed by atoms with Gasteiger partial charge in [-0.3, -0.25) is 10.7 Å². The summed E-state index contributed by atoms with van der Waals surface area (Å²) < 4.78 is 5.53. The average Bonchev–Trinajstić information content (AvgIpc) is 2.42. The van der Waals surface area contributed by atoms with Gasteiger partial charge in [0.05, 0.1) is 11.9 Å². The molecule has 0 amide bonds. The first-order valence-electron chi connectivity index (χ1n) is 6.03. The largest absolute Gasteiger partial charge is 0.476 e. The van der Waals surface area contributed by atoms with Crippen LogP contribution in [0.25, 0.3) is 0 Å². The van der Waals surface area contributed by atoms with Gasteiger partial charge in [0, 0.05) is 12.6 Å². The highest BCUT2D eigenvalue weighted by atomic mass is 16.5. The number of nitrogens with zero attached hydrogens (tertiary/aromatic N) is 3. The number of pyridine rings is 1. The number of aromatic nitrogens is 1. The summed E-state index contributed by atoms with van der Waals surface area (Å²) in [4.78, 5) is 10.3. The first-order valence-corrected chi connectivity index (χ1v) is 6.03. The number of aliphatic imine (C=N–C) groups is 1. The lowest BCUT2D eigenvalue weighted by Gasteiger charge is -2.17. The normalized spacial score (nSPS) is 11.1. The molecule has 1 aromatic heterocycles. The van der Waals surface area contributed by atoms with Gasteiger partial charge < -0.3 is 9.64 Å². The SMILES string of the molecule is CCN(CC)CCOc1ccc(N=CNO)cn1. The Labute approximate surface area is 107 Å². The topological polar surface area (TPSA) is 70.0 Å². The number of likely N-dealkylation sites (N-methyl/N-ethyl adjacent to an activating group) is 1. The van der Waals surface area contributed by atoms with Crippen LogP contribution >= 0.6 is 0 Å². The Morgan fingerprint density at radius 3 is 2.78 bits per heavy atom. The molecule has 0 saturated carbocycles. The van der Waals surface area contributed by atoms with Gasteiger partial charge in [0.2, 0.25) is 5.88 Å². The number of nitrogens with one attached hydrogen (secondary N) is 1. The first kappa shape index (κ1) is 14.4. The van der Waals surface area contributed by atoms with Crippen LogP contribution in [0.15, 0.2) is 23.3 Å². The summed E-state index contributed by atoms with van der Waals surface area (Å²) >= 11 is 0. The van der Waals surface area contributed by atoms with Gasteiger partial charge in [-0.1, -0.05) is 13.8 Å². The monoisotopic (exact) mass is 252 g/mol. The molecule has 0 saturated heterocycles. The fourth-order valence-electron chi connectivity index (χ4n) is 1.46. The van der Waals surface area contributed by atoms with Crippen LogP contribution in [0.5, 0.6) is 5.88 Å². The Hall–Kier alpha value is -1.66. The highest BCUT2D eigenvalue weighted by Gasteiger charge is 2.00. The van der Waals surface area contributed by atoms with Crippen LogP contribution in [-0.4, -0.2) is 47.7 Å². The smallest absolute Gasteiger partial charge is 0.213 e. The number of hydroxylamine groups is 1. The molecule has 0 aromatic carbocycles. The third kappa shape index (κ3) is 5.11. The van der Waals surface area contributed by atoms with E-state index in [1.54, 1.807) is 18.3 Å². The van der Waals surface area contributed by atoms with E-state index >= 15 is 0 Å². The molecule has 18 heavy (non-hydrogen) atoms. The Bertz CT molecular complexity index is 350. The van der Waals surface area contributed by atoms with Crippen LogP contribution in [0.3, 0.4) is 0 Å². The fraction of sp³-hybridized carbons (Fsp3) is 0.500. The summed E-state index contributed by atoms with van der Waals surface area (Å²) in [6.07, 6.45) is 2.76. The number of hydrogen-bond acceptors (Lipinski definition) is 5. The predicted octanol–water partition coefficient (Wildman–Crippen LogP) is 1.44. The summed E-state index contributed by atoms with van der Waals surface area (Å²) in [5.41, 5.74) is 2.48. The van der Waals surface area contributed by atoms with Gasteiger partial charge >= 0.3 is 0 Å². The number of hydrogen-bond donors (Lipinski definition) is 2. The molecule has 1 heterocycles. The molecular weight excluding hydrogens is 232 g/mol. The third-order valence-corrected chi connectivity index (χ3v) is 2.54. The van der Waals surface area contributed by atoms with Crippen LogP contribution < -0.4 is 10.2 Å². The van der Waals surface area contributed by atoms with Crippen molar-refractivity contribution >= 4 is 12.0 Å². The van der Waals surface area contributed by atoms with Crippen LogP contribution in [0.2, 0.25) is 0 Å². The summed E-state index contributed by atoms with van der Waals surface area (Å²) in [6, 6.07) is 3.53. The molecule has 6 nitrogen and oxygen atoms in total. The van der Waals surface area contributed by atoms with Crippen LogP contribution in [0.1, 0.15) is 13.8 Å². The molecule has 0 aliphatic rings.